The van der Waals surface area contributed by atoms with E-state index >= 15 is 0 Å². The molecule has 0 aromatic carbocycles. The maximum absolute atomic E-state index is 10.8. The van der Waals surface area contributed by atoms with E-state index in [1.807, 2.05) is 0 Å². The third-order valence-corrected chi connectivity index (χ3v) is 4.74. The predicted molar refractivity (Wildman–Crippen MR) is 74.2 cm³/mol. The number of nitrogens with one attached hydrogen (secondary N) is 1. The van der Waals surface area contributed by atoms with Crippen LogP contribution in [0.25, 0.3) is 0 Å². The molecule has 2 N–H and O–H groups in total. The molecule has 1 aliphatic rings. The summed E-state index contributed by atoms with van der Waals surface area (Å²) in [5.41, 5.74) is 0.902. The van der Waals surface area contributed by atoms with Crippen molar-refractivity contribution in [3.8, 4) is 0 Å². The number of carboxylic acids is 1. The lowest BCUT2D eigenvalue weighted by molar-refractivity contribution is 0.0697. The van der Waals surface area contributed by atoms with Gasteiger partial charge in [0.2, 0.25) is 0 Å². The molecule has 1 aliphatic carbocycles. The Balaban J connectivity index is 1.79. The van der Waals surface area contributed by atoms with Gasteiger partial charge in [-0.2, -0.15) is 0 Å². The van der Waals surface area contributed by atoms with Crippen LogP contribution in [0.1, 0.15) is 54.8 Å². The van der Waals surface area contributed by atoms with E-state index in [2.05, 4.69) is 19.2 Å². The Morgan fingerprint density at radius 1 is 1.50 bits per heavy atom. The summed E-state index contributed by atoms with van der Waals surface area (Å²) in [6, 6.07) is 2.36. The molecule has 0 bridgehead atoms. The maximum atomic E-state index is 10.8. The van der Waals surface area contributed by atoms with Gasteiger partial charge in [0.25, 0.3) is 0 Å². The average Bonchev–Trinajstić information content (AvgIpc) is 2.76. The van der Waals surface area contributed by atoms with Crippen LogP contribution in [0.4, 0.5) is 0 Å². The molecule has 0 spiro atoms. The first-order valence-corrected chi connectivity index (χ1v) is 7.38. The lowest BCUT2D eigenvalue weighted by Gasteiger charge is -2.34. The fourth-order valence-electron chi connectivity index (χ4n) is 2.43. The highest BCUT2D eigenvalue weighted by Gasteiger charge is 2.26. The molecule has 18 heavy (non-hydrogen) atoms. The van der Waals surface area contributed by atoms with Gasteiger partial charge >= 0.3 is 5.97 Å². The van der Waals surface area contributed by atoms with Gasteiger partial charge in [0.1, 0.15) is 0 Å². The summed E-state index contributed by atoms with van der Waals surface area (Å²) in [5, 5.41) is 14.1. The lowest BCUT2D eigenvalue weighted by Crippen LogP contribution is -2.34. The molecule has 1 heterocycles. The molecule has 2 rings (SSSR count). The summed E-state index contributed by atoms with van der Waals surface area (Å²) in [6.07, 6.45) is 5.00. The van der Waals surface area contributed by atoms with Crippen molar-refractivity contribution in [1.29, 1.82) is 0 Å². The number of hydrogen-bond acceptors (Lipinski definition) is 3. The Hall–Kier alpha value is -0.870. The summed E-state index contributed by atoms with van der Waals surface area (Å²) in [4.78, 5) is 11.9. The van der Waals surface area contributed by atoms with Crippen LogP contribution in [0.3, 0.4) is 0 Å². The molecule has 0 unspecified atom stereocenters. The zero-order valence-corrected chi connectivity index (χ0v) is 11.8. The molecule has 1 fully saturated rings. The van der Waals surface area contributed by atoms with Gasteiger partial charge in [-0.1, -0.05) is 13.8 Å². The lowest BCUT2D eigenvalue weighted by atomic mass is 9.75. The topological polar surface area (TPSA) is 49.3 Å². The zero-order chi connectivity index (χ0) is 13.2. The Kier molecular flexibility index (Phi) is 4.07. The second kappa shape index (κ2) is 5.41. The van der Waals surface area contributed by atoms with E-state index in [0.717, 1.165) is 11.4 Å². The van der Waals surface area contributed by atoms with Gasteiger partial charge in [-0.25, -0.2) is 4.79 Å². The van der Waals surface area contributed by atoms with E-state index in [4.69, 9.17) is 5.11 Å². The van der Waals surface area contributed by atoms with Gasteiger partial charge in [-0.3, -0.25) is 0 Å². The molecular formula is C14H21NO2S. The highest BCUT2D eigenvalue weighted by molar-refractivity contribution is 7.10. The smallest absolute Gasteiger partial charge is 0.336 e. The summed E-state index contributed by atoms with van der Waals surface area (Å²) in [6.45, 7) is 5.46. The van der Waals surface area contributed by atoms with E-state index in [9.17, 15) is 4.79 Å². The standard InChI is InChI=1S/C14H21NO2S/c1-14(2)5-3-11(4-6-14)15-8-12-7-10(9-18-12)13(16)17/h7,9,11,15H,3-6,8H2,1-2H3,(H,16,17). The predicted octanol–water partition coefficient (Wildman–Crippen LogP) is 3.50. The van der Waals surface area contributed by atoms with E-state index in [0.29, 0.717) is 17.0 Å². The normalized spacial score (nSPS) is 19.9. The van der Waals surface area contributed by atoms with Gasteiger partial charge in [0.15, 0.2) is 0 Å². The molecule has 0 saturated heterocycles. The number of thiophene rings is 1. The van der Waals surface area contributed by atoms with Crippen LogP contribution in [0.5, 0.6) is 0 Å². The fraction of sp³-hybridized carbons (Fsp3) is 0.643. The zero-order valence-electron chi connectivity index (χ0n) is 11.0. The van der Waals surface area contributed by atoms with Crippen LogP contribution < -0.4 is 5.32 Å². The second-order valence-electron chi connectivity index (χ2n) is 5.93. The number of carbonyl (C=O) groups is 1. The molecule has 1 aromatic heterocycles. The number of carboxylic acid groups (broad SMARTS) is 1. The monoisotopic (exact) mass is 267 g/mol. The molecule has 3 nitrogen and oxygen atoms in total. The Morgan fingerprint density at radius 3 is 2.72 bits per heavy atom. The van der Waals surface area contributed by atoms with Crippen LogP contribution in [-0.2, 0) is 6.54 Å². The van der Waals surface area contributed by atoms with Crippen molar-refractivity contribution in [2.24, 2.45) is 5.41 Å². The Bertz CT molecular complexity index is 415. The first-order chi connectivity index (χ1) is 8.46. The minimum absolute atomic E-state index is 0.404. The van der Waals surface area contributed by atoms with Gasteiger partial charge in [0.05, 0.1) is 5.56 Å². The van der Waals surface area contributed by atoms with Crippen molar-refractivity contribution in [2.45, 2.75) is 52.1 Å². The molecule has 4 heteroatoms. The molecular weight excluding hydrogens is 246 g/mol. The van der Waals surface area contributed by atoms with Gasteiger partial charge in [-0.15, -0.1) is 11.3 Å². The summed E-state index contributed by atoms with van der Waals surface area (Å²) in [5.74, 6) is -0.836. The fourth-order valence-corrected chi connectivity index (χ4v) is 3.24. The van der Waals surface area contributed by atoms with Crippen LogP contribution in [0.15, 0.2) is 11.4 Å². The molecule has 1 saturated carbocycles. The van der Waals surface area contributed by atoms with Gasteiger partial charge in [-0.05, 0) is 37.2 Å². The SMILES string of the molecule is CC1(C)CCC(NCc2cc(C(=O)O)cs2)CC1. The van der Waals surface area contributed by atoms with Crippen LogP contribution in [0.2, 0.25) is 0 Å². The second-order valence-corrected chi connectivity index (χ2v) is 6.92. The van der Waals surface area contributed by atoms with Crippen LogP contribution in [-0.4, -0.2) is 17.1 Å². The van der Waals surface area contributed by atoms with E-state index in [-0.39, 0.29) is 0 Å². The summed E-state index contributed by atoms with van der Waals surface area (Å²) in [7, 11) is 0. The third-order valence-electron chi connectivity index (χ3n) is 3.80. The minimum atomic E-state index is -0.836. The maximum Gasteiger partial charge on any atom is 0.336 e. The van der Waals surface area contributed by atoms with E-state index in [1.54, 1.807) is 11.4 Å². The van der Waals surface area contributed by atoms with E-state index < -0.39 is 5.97 Å². The minimum Gasteiger partial charge on any atom is -0.478 e. The van der Waals surface area contributed by atoms with Crippen LogP contribution in [0, 0.1) is 5.41 Å². The molecule has 1 aromatic rings. The van der Waals surface area contributed by atoms with E-state index in [1.165, 1.54) is 37.0 Å². The first kappa shape index (κ1) is 13.6. The third kappa shape index (κ3) is 3.56. The molecule has 0 atom stereocenters. The highest BCUT2D eigenvalue weighted by Crippen LogP contribution is 2.35. The first-order valence-electron chi connectivity index (χ1n) is 6.50. The average molecular weight is 267 g/mol. The number of aromatic carboxylic acids is 1. The largest absolute Gasteiger partial charge is 0.478 e. The number of hydrogen-bond donors (Lipinski definition) is 2. The summed E-state index contributed by atoms with van der Waals surface area (Å²) < 4.78 is 0. The summed E-state index contributed by atoms with van der Waals surface area (Å²) >= 11 is 1.52. The highest BCUT2D eigenvalue weighted by atomic mass is 32.1. The van der Waals surface area contributed by atoms with Crippen molar-refractivity contribution in [1.82, 2.24) is 5.32 Å². The van der Waals surface area contributed by atoms with Crippen molar-refractivity contribution < 1.29 is 9.90 Å². The molecule has 100 valence electrons. The molecule has 0 radical (unpaired) electrons. The number of rotatable bonds is 4. The molecule has 0 aliphatic heterocycles. The van der Waals surface area contributed by atoms with Gasteiger partial charge in [0, 0.05) is 22.8 Å². The molecule has 0 amide bonds. The Morgan fingerprint density at radius 2 is 2.17 bits per heavy atom. The van der Waals surface area contributed by atoms with Crippen molar-refractivity contribution >= 4 is 17.3 Å². The van der Waals surface area contributed by atoms with Crippen LogP contribution >= 0.6 is 11.3 Å². The Labute approximate surface area is 112 Å². The van der Waals surface area contributed by atoms with Crippen molar-refractivity contribution in [3.63, 3.8) is 0 Å². The quantitative estimate of drug-likeness (QED) is 0.877. The van der Waals surface area contributed by atoms with Crippen molar-refractivity contribution in [3.05, 3.63) is 21.9 Å². The van der Waals surface area contributed by atoms with Crippen molar-refractivity contribution in [2.75, 3.05) is 0 Å². The van der Waals surface area contributed by atoms with Gasteiger partial charge < -0.3 is 10.4 Å².